The number of benzene rings is 1. The van der Waals surface area contributed by atoms with Gasteiger partial charge in [0.05, 0.1) is 21.5 Å². The zero-order valence-electron chi connectivity index (χ0n) is 10.4. The first-order valence-electron chi connectivity index (χ1n) is 5.80. The average molecular weight is 284 g/mol. The molecule has 1 unspecified atom stereocenters. The zero-order chi connectivity index (χ0) is 13.2. The van der Waals surface area contributed by atoms with E-state index in [1.165, 1.54) is 0 Å². The number of sulfone groups is 1. The smallest absolute Gasteiger partial charge is 0.152 e. The lowest BCUT2D eigenvalue weighted by atomic mass is 10.2. The Morgan fingerprint density at radius 1 is 1.44 bits per heavy atom. The molecule has 1 heterocycles. The molecule has 0 saturated carbocycles. The van der Waals surface area contributed by atoms with Crippen LogP contribution >= 0.6 is 11.3 Å². The van der Waals surface area contributed by atoms with E-state index in [1.807, 2.05) is 25.1 Å². The van der Waals surface area contributed by atoms with Crippen LogP contribution in [0.2, 0.25) is 0 Å². The summed E-state index contributed by atoms with van der Waals surface area (Å²) >= 11 is 1.58. The summed E-state index contributed by atoms with van der Waals surface area (Å²) in [6.45, 7) is 3.55. The van der Waals surface area contributed by atoms with Gasteiger partial charge >= 0.3 is 0 Å². The van der Waals surface area contributed by atoms with Crippen molar-refractivity contribution in [3.63, 3.8) is 0 Å². The van der Waals surface area contributed by atoms with E-state index in [9.17, 15) is 8.42 Å². The molecule has 0 saturated heterocycles. The SMILES string of the molecule is CCS(=O)(=O)CC(C)Nc1ccc2ncsc2c1. The molecule has 0 fully saturated rings. The average Bonchev–Trinajstić information content (AvgIpc) is 2.75. The van der Waals surface area contributed by atoms with Crippen LogP contribution in [0.1, 0.15) is 13.8 Å². The highest BCUT2D eigenvalue weighted by Crippen LogP contribution is 2.22. The topological polar surface area (TPSA) is 59.1 Å². The van der Waals surface area contributed by atoms with Gasteiger partial charge in [-0.05, 0) is 25.1 Å². The van der Waals surface area contributed by atoms with Gasteiger partial charge in [-0.3, -0.25) is 0 Å². The van der Waals surface area contributed by atoms with Crippen LogP contribution in [0, 0.1) is 0 Å². The molecule has 1 aromatic carbocycles. The summed E-state index contributed by atoms with van der Waals surface area (Å²) in [6, 6.07) is 5.77. The predicted octanol–water partition coefficient (Wildman–Crippen LogP) is 2.53. The number of hydrogen-bond acceptors (Lipinski definition) is 5. The lowest BCUT2D eigenvalue weighted by Crippen LogP contribution is -2.26. The highest BCUT2D eigenvalue weighted by atomic mass is 32.2. The van der Waals surface area contributed by atoms with Gasteiger partial charge in [0.15, 0.2) is 9.84 Å². The Hall–Kier alpha value is -1.14. The summed E-state index contributed by atoms with van der Waals surface area (Å²) in [5.41, 5.74) is 3.71. The van der Waals surface area contributed by atoms with E-state index in [2.05, 4.69) is 10.3 Å². The van der Waals surface area contributed by atoms with Gasteiger partial charge in [0.25, 0.3) is 0 Å². The van der Waals surface area contributed by atoms with Crippen molar-refractivity contribution in [2.24, 2.45) is 0 Å². The number of hydrogen-bond donors (Lipinski definition) is 1. The number of aromatic nitrogens is 1. The summed E-state index contributed by atoms with van der Waals surface area (Å²) in [5.74, 6) is 0.344. The maximum Gasteiger partial charge on any atom is 0.152 e. The molecule has 0 aliphatic rings. The number of nitrogens with zero attached hydrogens (tertiary/aromatic N) is 1. The van der Waals surface area contributed by atoms with E-state index in [-0.39, 0.29) is 17.5 Å². The van der Waals surface area contributed by atoms with E-state index in [1.54, 1.807) is 23.8 Å². The van der Waals surface area contributed by atoms with Gasteiger partial charge in [-0.1, -0.05) is 6.92 Å². The molecule has 0 aliphatic carbocycles. The molecule has 2 rings (SSSR count). The molecule has 0 bridgehead atoms. The first-order valence-corrected chi connectivity index (χ1v) is 8.50. The molecule has 1 N–H and O–H groups in total. The van der Waals surface area contributed by atoms with Crippen LogP contribution in [0.15, 0.2) is 23.7 Å². The van der Waals surface area contributed by atoms with Gasteiger partial charge in [-0.15, -0.1) is 11.3 Å². The second-order valence-electron chi connectivity index (χ2n) is 4.28. The van der Waals surface area contributed by atoms with Crippen molar-refractivity contribution >= 4 is 37.1 Å². The first kappa shape index (κ1) is 13.3. The Labute approximate surface area is 111 Å². The van der Waals surface area contributed by atoms with Crippen molar-refractivity contribution in [3.05, 3.63) is 23.7 Å². The van der Waals surface area contributed by atoms with Gasteiger partial charge in [-0.2, -0.15) is 0 Å². The van der Waals surface area contributed by atoms with Crippen LogP contribution in [0.4, 0.5) is 5.69 Å². The summed E-state index contributed by atoms with van der Waals surface area (Å²) in [6.07, 6.45) is 0. The molecule has 4 nitrogen and oxygen atoms in total. The largest absolute Gasteiger partial charge is 0.382 e. The van der Waals surface area contributed by atoms with E-state index in [0.717, 1.165) is 15.9 Å². The van der Waals surface area contributed by atoms with E-state index in [0.29, 0.717) is 0 Å². The summed E-state index contributed by atoms with van der Waals surface area (Å²) in [7, 11) is -2.94. The minimum Gasteiger partial charge on any atom is -0.382 e. The molecule has 6 heteroatoms. The van der Waals surface area contributed by atoms with E-state index in [4.69, 9.17) is 0 Å². The van der Waals surface area contributed by atoms with Gasteiger partial charge in [-0.25, -0.2) is 13.4 Å². The number of anilines is 1. The highest BCUT2D eigenvalue weighted by molar-refractivity contribution is 7.91. The third-order valence-corrected chi connectivity index (χ3v) is 5.37. The van der Waals surface area contributed by atoms with Crippen LogP contribution in [0.5, 0.6) is 0 Å². The first-order chi connectivity index (χ1) is 8.50. The maximum atomic E-state index is 11.5. The summed E-state index contributed by atoms with van der Waals surface area (Å²) in [4.78, 5) is 4.21. The van der Waals surface area contributed by atoms with Gasteiger partial charge < -0.3 is 5.32 Å². The Morgan fingerprint density at radius 2 is 2.22 bits per heavy atom. The quantitative estimate of drug-likeness (QED) is 0.916. The summed E-state index contributed by atoms with van der Waals surface area (Å²) in [5, 5.41) is 3.21. The second-order valence-corrected chi connectivity index (χ2v) is 7.56. The van der Waals surface area contributed by atoms with Crippen molar-refractivity contribution < 1.29 is 8.42 Å². The molecule has 0 aliphatic heterocycles. The highest BCUT2D eigenvalue weighted by Gasteiger charge is 2.13. The van der Waals surface area contributed by atoms with Crippen molar-refractivity contribution in [2.45, 2.75) is 19.9 Å². The molecule has 0 amide bonds. The number of rotatable bonds is 5. The summed E-state index contributed by atoms with van der Waals surface area (Å²) < 4.78 is 24.1. The number of fused-ring (bicyclic) bond motifs is 1. The Morgan fingerprint density at radius 3 is 2.94 bits per heavy atom. The van der Waals surface area contributed by atoms with Crippen LogP contribution in [0.3, 0.4) is 0 Å². The molecule has 0 spiro atoms. The fraction of sp³-hybridized carbons (Fsp3) is 0.417. The second kappa shape index (κ2) is 5.24. The standard InChI is InChI=1S/C12H16N2O2S2/c1-3-18(15,16)7-9(2)14-10-4-5-11-12(6-10)17-8-13-11/h4-6,8-9,14H,3,7H2,1-2H3. The zero-order valence-corrected chi connectivity index (χ0v) is 12.0. The monoisotopic (exact) mass is 284 g/mol. The molecule has 2 aromatic rings. The maximum absolute atomic E-state index is 11.5. The molecule has 1 aromatic heterocycles. The van der Waals surface area contributed by atoms with Crippen LogP contribution in [0.25, 0.3) is 10.2 Å². The molecular weight excluding hydrogens is 268 g/mol. The van der Waals surface area contributed by atoms with E-state index >= 15 is 0 Å². The molecule has 18 heavy (non-hydrogen) atoms. The van der Waals surface area contributed by atoms with Crippen molar-refractivity contribution in [1.82, 2.24) is 4.98 Å². The van der Waals surface area contributed by atoms with Gasteiger partial charge in [0.2, 0.25) is 0 Å². The fourth-order valence-electron chi connectivity index (χ4n) is 1.77. The van der Waals surface area contributed by atoms with Gasteiger partial charge in [0.1, 0.15) is 0 Å². The molecule has 0 radical (unpaired) electrons. The van der Waals surface area contributed by atoms with Crippen molar-refractivity contribution in [2.75, 3.05) is 16.8 Å². The molecular formula is C12H16N2O2S2. The van der Waals surface area contributed by atoms with E-state index < -0.39 is 9.84 Å². The third kappa shape index (κ3) is 3.20. The van der Waals surface area contributed by atoms with Crippen molar-refractivity contribution in [1.29, 1.82) is 0 Å². The minimum atomic E-state index is -2.94. The van der Waals surface area contributed by atoms with Crippen LogP contribution in [-0.4, -0.2) is 30.9 Å². The van der Waals surface area contributed by atoms with Gasteiger partial charge in [0, 0.05) is 17.5 Å². The Balaban J connectivity index is 2.08. The Bertz CT molecular complexity index is 634. The lowest BCUT2D eigenvalue weighted by Gasteiger charge is -2.14. The number of nitrogens with one attached hydrogen (secondary N) is 1. The lowest BCUT2D eigenvalue weighted by molar-refractivity contribution is 0.593. The third-order valence-electron chi connectivity index (χ3n) is 2.69. The fourth-order valence-corrected chi connectivity index (χ4v) is 3.57. The predicted molar refractivity (Wildman–Crippen MR) is 77.0 cm³/mol. The Kier molecular flexibility index (Phi) is 3.87. The van der Waals surface area contributed by atoms with Crippen molar-refractivity contribution in [3.8, 4) is 0 Å². The normalized spacial score (nSPS) is 13.7. The minimum absolute atomic E-state index is 0.0969. The number of thiazole rings is 1. The van der Waals surface area contributed by atoms with Crippen LogP contribution in [-0.2, 0) is 9.84 Å². The van der Waals surface area contributed by atoms with Crippen LogP contribution < -0.4 is 5.32 Å². The molecule has 98 valence electrons. The molecule has 1 atom stereocenters.